The molecule has 0 saturated carbocycles. The molecule has 0 unspecified atom stereocenters. The quantitative estimate of drug-likeness (QED) is 0.631. The van der Waals surface area contributed by atoms with E-state index in [4.69, 9.17) is 10.5 Å². The highest BCUT2D eigenvalue weighted by atomic mass is 16.5. The molecule has 72 valence electrons. The fourth-order valence-corrected chi connectivity index (χ4v) is 0.937. The van der Waals surface area contributed by atoms with E-state index in [1.807, 2.05) is 24.3 Å². The van der Waals surface area contributed by atoms with Gasteiger partial charge in [-0.15, -0.1) is 0 Å². The van der Waals surface area contributed by atoms with Gasteiger partial charge in [0.25, 0.3) is 0 Å². The molecule has 0 aliphatic rings. The minimum atomic E-state index is 0.742. The molecule has 1 aromatic carbocycles. The van der Waals surface area contributed by atoms with Crippen LogP contribution < -0.4 is 15.4 Å². The van der Waals surface area contributed by atoms with E-state index in [0.717, 1.165) is 24.6 Å². The van der Waals surface area contributed by atoms with Gasteiger partial charge in [-0.2, -0.15) is 0 Å². The lowest BCUT2D eigenvalue weighted by Crippen LogP contribution is -3.06. The maximum Gasteiger partial charge on any atom is 0.137 e. The van der Waals surface area contributed by atoms with E-state index in [2.05, 4.69) is 14.1 Å². The van der Waals surface area contributed by atoms with E-state index in [-0.39, 0.29) is 0 Å². The molecule has 3 heteroatoms. The molecular weight excluding hydrogens is 164 g/mol. The van der Waals surface area contributed by atoms with Crippen molar-refractivity contribution in [3.8, 4) is 5.75 Å². The summed E-state index contributed by atoms with van der Waals surface area (Å²) in [5, 5.41) is 0. The molecule has 0 aliphatic carbocycles. The summed E-state index contributed by atoms with van der Waals surface area (Å²) in [5.41, 5.74) is 6.31. The van der Waals surface area contributed by atoms with Crippen LogP contribution in [-0.4, -0.2) is 27.2 Å². The maximum atomic E-state index is 5.54. The van der Waals surface area contributed by atoms with E-state index in [9.17, 15) is 0 Å². The molecule has 0 fully saturated rings. The third kappa shape index (κ3) is 3.80. The highest BCUT2D eigenvalue weighted by Crippen LogP contribution is 2.12. The van der Waals surface area contributed by atoms with Gasteiger partial charge in [0, 0.05) is 5.69 Å². The van der Waals surface area contributed by atoms with E-state index in [1.165, 1.54) is 4.90 Å². The summed E-state index contributed by atoms with van der Waals surface area (Å²) in [4.78, 5) is 1.38. The van der Waals surface area contributed by atoms with Crippen LogP contribution >= 0.6 is 0 Å². The Balaban J connectivity index is 2.33. The molecule has 0 heterocycles. The second-order valence-electron chi connectivity index (χ2n) is 3.37. The van der Waals surface area contributed by atoms with Gasteiger partial charge in [0.15, 0.2) is 0 Å². The number of likely N-dealkylation sites (N-methyl/N-ethyl adjacent to an activating group) is 1. The van der Waals surface area contributed by atoms with Gasteiger partial charge in [-0.05, 0) is 24.3 Å². The molecule has 1 aromatic rings. The second kappa shape index (κ2) is 4.72. The zero-order valence-electron chi connectivity index (χ0n) is 8.21. The molecule has 13 heavy (non-hydrogen) atoms. The number of nitrogens with two attached hydrogens (primary N) is 1. The number of quaternary nitrogens is 1. The van der Waals surface area contributed by atoms with Crippen LogP contribution in [0.3, 0.4) is 0 Å². The molecule has 0 aromatic heterocycles. The van der Waals surface area contributed by atoms with Gasteiger partial charge in [0.05, 0.1) is 14.1 Å². The lowest BCUT2D eigenvalue weighted by molar-refractivity contribution is -0.858. The molecule has 1 rings (SSSR count). The zero-order chi connectivity index (χ0) is 9.68. The van der Waals surface area contributed by atoms with Crippen molar-refractivity contribution in [2.75, 3.05) is 33.0 Å². The third-order valence-electron chi connectivity index (χ3n) is 1.75. The predicted molar refractivity (Wildman–Crippen MR) is 54.0 cm³/mol. The summed E-state index contributed by atoms with van der Waals surface area (Å²) in [6.45, 7) is 1.75. The molecule has 0 bridgehead atoms. The summed E-state index contributed by atoms with van der Waals surface area (Å²) < 4.78 is 5.50. The van der Waals surface area contributed by atoms with Crippen molar-refractivity contribution >= 4 is 5.69 Å². The maximum absolute atomic E-state index is 5.54. The molecule has 0 aliphatic heterocycles. The van der Waals surface area contributed by atoms with Crippen molar-refractivity contribution in [1.82, 2.24) is 0 Å². The van der Waals surface area contributed by atoms with E-state index in [0.29, 0.717) is 0 Å². The van der Waals surface area contributed by atoms with Crippen molar-refractivity contribution in [3.63, 3.8) is 0 Å². The number of rotatable bonds is 4. The highest BCUT2D eigenvalue weighted by molar-refractivity contribution is 5.41. The van der Waals surface area contributed by atoms with Crippen molar-refractivity contribution in [2.45, 2.75) is 0 Å². The topological polar surface area (TPSA) is 39.7 Å². The normalized spacial score (nSPS) is 10.4. The summed E-state index contributed by atoms with van der Waals surface area (Å²) in [6, 6.07) is 7.47. The average Bonchev–Trinajstić information content (AvgIpc) is 2.08. The summed E-state index contributed by atoms with van der Waals surface area (Å²) >= 11 is 0. The Morgan fingerprint density at radius 3 is 2.38 bits per heavy atom. The lowest BCUT2D eigenvalue weighted by atomic mass is 10.3. The van der Waals surface area contributed by atoms with E-state index in [1.54, 1.807) is 0 Å². The number of nitrogen functional groups attached to an aromatic ring is 1. The van der Waals surface area contributed by atoms with Crippen LogP contribution in [0.25, 0.3) is 0 Å². The van der Waals surface area contributed by atoms with E-state index >= 15 is 0 Å². The number of benzene rings is 1. The van der Waals surface area contributed by atoms with Gasteiger partial charge in [0.2, 0.25) is 0 Å². The van der Waals surface area contributed by atoms with Gasteiger partial charge < -0.3 is 15.4 Å². The number of hydrogen-bond acceptors (Lipinski definition) is 2. The van der Waals surface area contributed by atoms with Gasteiger partial charge in [-0.25, -0.2) is 0 Å². The first-order chi connectivity index (χ1) is 6.18. The minimum Gasteiger partial charge on any atom is -0.488 e. The molecule has 3 N–H and O–H groups in total. The monoisotopic (exact) mass is 181 g/mol. The molecule has 0 saturated heterocycles. The molecule has 3 nitrogen and oxygen atoms in total. The molecule has 0 atom stereocenters. The van der Waals surface area contributed by atoms with Crippen molar-refractivity contribution < 1.29 is 9.64 Å². The van der Waals surface area contributed by atoms with Crippen LogP contribution in [0.2, 0.25) is 0 Å². The third-order valence-corrected chi connectivity index (χ3v) is 1.75. The lowest BCUT2D eigenvalue weighted by Gasteiger charge is -2.08. The van der Waals surface area contributed by atoms with Crippen LogP contribution in [0.5, 0.6) is 5.75 Å². The Morgan fingerprint density at radius 1 is 1.23 bits per heavy atom. The summed E-state index contributed by atoms with van der Waals surface area (Å²) in [7, 11) is 4.21. The number of ether oxygens (including phenoxy) is 1. The first-order valence-electron chi connectivity index (χ1n) is 4.46. The Bertz CT molecular complexity index is 244. The van der Waals surface area contributed by atoms with Gasteiger partial charge in [-0.3, -0.25) is 0 Å². The minimum absolute atomic E-state index is 0.742. The van der Waals surface area contributed by atoms with Crippen LogP contribution in [0.4, 0.5) is 5.69 Å². The first-order valence-corrected chi connectivity index (χ1v) is 4.46. The molecular formula is C10H17N2O+. The van der Waals surface area contributed by atoms with Crippen LogP contribution in [0.1, 0.15) is 0 Å². The van der Waals surface area contributed by atoms with Crippen molar-refractivity contribution in [3.05, 3.63) is 24.3 Å². The van der Waals surface area contributed by atoms with Crippen molar-refractivity contribution in [1.29, 1.82) is 0 Å². The summed E-state index contributed by atoms with van der Waals surface area (Å²) in [6.07, 6.45) is 0. The number of nitrogens with one attached hydrogen (secondary N) is 1. The largest absolute Gasteiger partial charge is 0.488 e. The fourth-order valence-electron chi connectivity index (χ4n) is 0.937. The Morgan fingerprint density at radius 2 is 1.85 bits per heavy atom. The standard InChI is InChI=1S/C10H16N2O/c1-12(2)7-8-13-10-5-3-9(11)4-6-10/h3-6H,7-8,11H2,1-2H3/p+1. The fraction of sp³-hybridized carbons (Fsp3) is 0.400. The van der Waals surface area contributed by atoms with Crippen LogP contribution in [-0.2, 0) is 0 Å². The predicted octanol–water partition coefficient (Wildman–Crippen LogP) is -0.208. The first kappa shape index (κ1) is 9.86. The SMILES string of the molecule is C[NH+](C)CCOc1ccc(N)cc1. The molecule has 0 spiro atoms. The second-order valence-corrected chi connectivity index (χ2v) is 3.37. The highest BCUT2D eigenvalue weighted by Gasteiger charge is 1.95. The van der Waals surface area contributed by atoms with Crippen LogP contribution in [0.15, 0.2) is 24.3 Å². The average molecular weight is 181 g/mol. The Kier molecular flexibility index (Phi) is 3.58. The van der Waals surface area contributed by atoms with Crippen molar-refractivity contribution in [2.24, 2.45) is 0 Å². The summed E-state index contributed by atoms with van der Waals surface area (Å²) in [5.74, 6) is 0.885. The number of anilines is 1. The van der Waals surface area contributed by atoms with Gasteiger partial charge >= 0.3 is 0 Å². The molecule has 0 radical (unpaired) electrons. The number of hydrogen-bond donors (Lipinski definition) is 2. The Labute approximate surface area is 79.1 Å². The van der Waals surface area contributed by atoms with Crippen LogP contribution in [0, 0.1) is 0 Å². The van der Waals surface area contributed by atoms with Gasteiger partial charge in [0.1, 0.15) is 18.9 Å². The smallest absolute Gasteiger partial charge is 0.137 e. The molecule has 0 amide bonds. The zero-order valence-corrected chi connectivity index (χ0v) is 8.21. The Hall–Kier alpha value is -1.22. The van der Waals surface area contributed by atoms with Gasteiger partial charge in [-0.1, -0.05) is 0 Å². The van der Waals surface area contributed by atoms with E-state index < -0.39 is 0 Å².